The van der Waals surface area contributed by atoms with Crippen molar-refractivity contribution < 1.29 is 4.42 Å². The SMILES string of the molecule is Cc1oc(CNC2CC2)cc1CN(C)C(C)CC(C)C. The lowest BCUT2D eigenvalue weighted by Crippen LogP contribution is -2.29. The van der Waals surface area contributed by atoms with Crippen LogP contribution in [0, 0.1) is 12.8 Å². The van der Waals surface area contributed by atoms with E-state index in [-0.39, 0.29) is 0 Å². The van der Waals surface area contributed by atoms with Crippen molar-refractivity contribution in [3.8, 4) is 0 Å². The number of nitrogens with zero attached hydrogens (tertiary/aromatic N) is 1. The Morgan fingerprint density at radius 2 is 2.05 bits per heavy atom. The second-order valence-corrected chi connectivity index (χ2v) is 6.84. The number of nitrogens with one attached hydrogen (secondary N) is 1. The van der Waals surface area contributed by atoms with Crippen molar-refractivity contribution in [2.75, 3.05) is 7.05 Å². The molecule has 1 aromatic heterocycles. The van der Waals surface area contributed by atoms with E-state index in [1.807, 2.05) is 0 Å². The van der Waals surface area contributed by atoms with Crippen LogP contribution in [0.4, 0.5) is 0 Å². The van der Waals surface area contributed by atoms with Crippen LogP contribution in [0.3, 0.4) is 0 Å². The highest BCUT2D eigenvalue weighted by molar-refractivity contribution is 5.21. The monoisotopic (exact) mass is 278 g/mol. The van der Waals surface area contributed by atoms with Gasteiger partial charge < -0.3 is 9.73 Å². The summed E-state index contributed by atoms with van der Waals surface area (Å²) < 4.78 is 5.87. The van der Waals surface area contributed by atoms with Gasteiger partial charge in [0.25, 0.3) is 0 Å². The molecule has 0 radical (unpaired) electrons. The Kier molecular flexibility index (Phi) is 5.28. The molecule has 3 heteroatoms. The zero-order valence-corrected chi connectivity index (χ0v) is 13.7. The molecule has 1 aliphatic carbocycles. The summed E-state index contributed by atoms with van der Waals surface area (Å²) >= 11 is 0. The molecule has 3 nitrogen and oxygen atoms in total. The third kappa shape index (κ3) is 4.64. The Labute approximate surface area is 123 Å². The van der Waals surface area contributed by atoms with E-state index in [0.29, 0.717) is 6.04 Å². The second kappa shape index (κ2) is 6.77. The van der Waals surface area contributed by atoms with Gasteiger partial charge in [0.05, 0.1) is 6.54 Å². The van der Waals surface area contributed by atoms with Gasteiger partial charge >= 0.3 is 0 Å². The van der Waals surface area contributed by atoms with E-state index in [1.54, 1.807) is 0 Å². The molecule has 0 aromatic carbocycles. The highest BCUT2D eigenvalue weighted by atomic mass is 16.3. The molecule has 0 saturated heterocycles. The van der Waals surface area contributed by atoms with Crippen LogP contribution in [0.15, 0.2) is 10.5 Å². The van der Waals surface area contributed by atoms with Crippen LogP contribution in [0.5, 0.6) is 0 Å². The third-order valence-electron chi connectivity index (χ3n) is 4.20. The van der Waals surface area contributed by atoms with Gasteiger partial charge in [0.2, 0.25) is 0 Å². The van der Waals surface area contributed by atoms with Crippen LogP contribution in [-0.2, 0) is 13.1 Å². The molecule has 0 amide bonds. The van der Waals surface area contributed by atoms with Gasteiger partial charge in [-0.05, 0) is 52.1 Å². The van der Waals surface area contributed by atoms with Crippen molar-refractivity contribution in [3.63, 3.8) is 0 Å². The van der Waals surface area contributed by atoms with Crippen LogP contribution in [-0.4, -0.2) is 24.0 Å². The molecule has 1 aliphatic rings. The van der Waals surface area contributed by atoms with E-state index in [0.717, 1.165) is 36.6 Å². The lowest BCUT2D eigenvalue weighted by molar-refractivity contribution is 0.219. The Bertz CT molecular complexity index is 421. The van der Waals surface area contributed by atoms with E-state index >= 15 is 0 Å². The van der Waals surface area contributed by atoms with Crippen LogP contribution in [0.25, 0.3) is 0 Å². The quantitative estimate of drug-likeness (QED) is 0.786. The van der Waals surface area contributed by atoms with Gasteiger partial charge in [0, 0.05) is 24.2 Å². The maximum absolute atomic E-state index is 5.87. The number of rotatable bonds is 8. The Morgan fingerprint density at radius 3 is 2.65 bits per heavy atom. The van der Waals surface area contributed by atoms with Crippen LogP contribution in [0.1, 0.15) is 57.1 Å². The summed E-state index contributed by atoms with van der Waals surface area (Å²) in [6.45, 7) is 10.8. The first-order valence-electron chi connectivity index (χ1n) is 7.97. The van der Waals surface area contributed by atoms with Gasteiger partial charge in [0.1, 0.15) is 11.5 Å². The third-order valence-corrected chi connectivity index (χ3v) is 4.20. The summed E-state index contributed by atoms with van der Waals surface area (Å²) in [6.07, 6.45) is 3.88. The smallest absolute Gasteiger partial charge is 0.118 e. The lowest BCUT2D eigenvalue weighted by Gasteiger charge is -2.25. The van der Waals surface area contributed by atoms with Crippen LogP contribution >= 0.6 is 0 Å². The molecule has 1 heterocycles. The normalized spacial score (nSPS) is 17.1. The zero-order valence-electron chi connectivity index (χ0n) is 13.7. The zero-order chi connectivity index (χ0) is 14.7. The van der Waals surface area contributed by atoms with Crippen molar-refractivity contribution >= 4 is 0 Å². The lowest BCUT2D eigenvalue weighted by atomic mass is 10.0. The summed E-state index contributed by atoms with van der Waals surface area (Å²) in [5.41, 5.74) is 1.33. The molecule has 0 aliphatic heterocycles. The first-order chi connectivity index (χ1) is 9.45. The summed E-state index contributed by atoms with van der Waals surface area (Å²) in [5, 5.41) is 3.51. The molecule has 0 bridgehead atoms. The predicted octanol–water partition coefficient (Wildman–Crippen LogP) is 3.71. The fraction of sp³-hybridized carbons (Fsp3) is 0.765. The van der Waals surface area contributed by atoms with Gasteiger partial charge in [-0.25, -0.2) is 0 Å². The number of aryl methyl sites for hydroxylation is 1. The topological polar surface area (TPSA) is 28.4 Å². The minimum Gasteiger partial charge on any atom is -0.465 e. The molecule has 20 heavy (non-hydrogen) atoms. The molecule has 0 spiro atoms. The molecule has 2 rings (SSSR count). The minimum absolute atomic E-state index is 0.609. The van der Waals surface area contributed by atoms with Crippen molar-refractivity contribution in [2.45, 2.75) is 72.1 Å². The van der Waals surface area contributed by atoms with E-state index < -0.39 is 0 Å². The first-order valence-corrected chi connectivity index (χ1v) is 7.97. The fourth-order valence-electron chi connectivity index (χ4n) is 2.65. The van der Waals surface area contributed by atoms with Gasteiger partial charge in [-0.15, -0.1) is 0 Å². The van der Waals surface area contributed by atoms with Gasteiger partial charge in [-0.3, -0.25) is 4.90 Å². The average molecular weight is 278 g/mol. The second-order valence-electron chi connectivity index (χ2n) is 6.84. The van der Waals surface area contributed by atoms with E-state index in [1.165, 1.54) is 24.8 Å². The summed E-state index contributed by atoms with van der Waals surface area (Å²) in [6, 6.07) is 3.57. The van der Waals surface area contributed by atoms with Gasteiger partial charge in [-0.1, -0.05) is 13.8 Å². The van der Waals surface area contributed by atoms with Gasteiger partial charge in [0.15, 0.2) is 0 Å². The molecular weight excluding hydrogens is 248 g/mol. The summed E-state index contributed by atoms with van der Waals surface area (Å²) in [4.78, 5) is 2.43. The maximum Gasteiger partial charge on any atom is 0.118 e. The Hall–Kier alpha value is -0.800. The average Bonchev–Trinajstić information content (AvgIpc) is 3.12. The van der Waals surface area contributed by atoms with E-state index in [2.05, 4.69) is 51.0 Å². The summed E-state index contributed by atoms with van der Waals surface area (Å²) in [7, 11) is 2.21. The molecule has 114 valence electrons. The highest BCUT2D eigenvalue weighted by Crippen LogP contribution is 2.22. The predicted molar refractivity (Wildman–Crippen MR) is 83.7 cm³/mol. The van der Waals surface area contributed by atoms with Crippen molar-refractivity contribution in [1.82, 2.24) is 10.2 Å². The maximum atomic E-state index is 5.87. The molecule has 1 unspecified atom stereocenters. The van der Waals surface area contributed by atoms with Crippen LogP contribution < -0.4 is 5.32 Å². The van der Waals surface area contributed by atoms with E-state index in [9.17, 15) is 0 Å². The molecule has 1 N–H and O–H groups in total. The molecule has 1 aromatic rings. The summed E-state index contributed by atoms with van der Waals surface area (Å²) in [5.74, 6) is 2.90. The number of furan rings is 1. The number of hydrogen-bond donors (Lipinski definition) is 1. The Balaban J connectivity index is 1.87. The van der Waals surface area contributed by atoms with Gasteiger partial charge in [-0.2, -0.15) is 0 Å². The molecule has 1 atom stereocenters. The van der Waals surface area contributed by atoms with E-state index in [4.69, 9.17) is 4.42 Å². The Morgan fingerprint density at radius 1 is 1.35 bits per heavy atom. The van der Waals surface area contributed by atoms with Crippen LogP contribution in [0.2, 0.25) is 0 Å². The van der Waals surface area contributed by atoms with Crippen molar-refractivity contribution in [3.05, 3.63) is 23.2 Å². The minimum atomic E-state index is 0.609. The highest BCUT2D eigenvalue weighted by Gasteiger charge is 2.21. The first kappa shape index (κ1) is 15.6. The largest absolute Gasteiger partial charge is 0.465 e. The molecule has 1 saturated carbocycles. The molecule has 1 fully saturated rings. The number of hydrogen-bond acceptors (Lipinski definition) is 3. The standard InChI is InChI=1S/C17H30N2O/c1-12(2)8-13(3)19(5)11-15-9-17(20-14(15)4)10-18-16-6-7-16/h9,12-13,16,18H,6-8,10-11H2,1-5H3. The van der Waals surface area contributed by atoms with Crippen molar-refractivity contribution in [2.24, 2.45) is 5.92 Å². The molecular formula is C17H30N2O. The fourth-order valence-corrected chi connectivity index (χ4v) is 2.65. The van der Waals surface area contributed by atoms with Crippen molar-refractivity contribution in [1.29, 1.82) is 0 Å².